The van der Waals surface area contributed by atoms with Gasteiger partial charge in [-0.3, -0.25) is 4.98 Å². The number of halogens is 3. The van der Waals surface area contributed by atoms with Gasteiger partial charge in [0.1, 0.15) is 0 Å². The number of aromatic nitrogens is 1. The number of hydrogen-bond donors (Lipinski definition) is 1. The van der Waals surface area contributed by atoms with Crippen molar-refractivity contribution in [2.45, 2.75) is 12.3 Å². The minimum absolute atomic E-state index is 0.244. The lowest BCUT2D eigenvalue weighted by Crippen LogP contribution is -2.20. The Kier molecular flexibility index (Phi) is 2.55. The van der Waals surface area contributed by atoms with Gasteiger partial charge in [0.15, 0.2) is 6.10 Å². The van der Waals surface area contributed by atoms with Gasteiger partial charge in [0, 0.05) is 17.1 Å². The summed E-state index contributed by atoms with van der Waals surface area (Å²) >= 11 is 0. The van der Waals surface area contributed by atoms with Gasteiger partial charge in [-0.1, -0.05) is 18.2 Å². The van der Waals surface area contributed by atoms with Crippen LogP contribution in [0, 0.1) is 0 Å². The van der Waals surface area contributed by atoms with Crippen molar-refractivity contribution in [1.82, 2.24) is 4.98 Å². The molecule has 0 unspecified atom stereocenters. The minimum atomic E-state index is -4.66. The fraction of sp³-hybridized carbons (Fsp3) is 0.182. The van der Waals surface area contributed by atoms with Crippen molar-refractivity contribution < 1.29 is 18.3 Å². The molecule has 84 valence electrons. The molecular weight excluding hydrogens is 219 g/mol. The Morgan fingerprint density at radius 1 is 1.19 bits per heavy atom. The molecule has 0 radical (unpaired) electrons. The molecule has 2 nitrogen and oxygen atoms in total. The van der Waals surface area contributed by atoms with E-state index in [-0.39, 0.29) is 5.56 Å². The van der Waals surface area contributed by atoms with Crippen molar-refractivity contribution in [3.63, 3.8) is 0 Å². The molecule has 0 aliphatic carbocycles. The summed E-state index contributed by atoms with van der Waals surface area (Å²) in [7, 11) is 0. The van der Waals surface area contributed by atoms with Crippen LogP contribution in [0.5, 0.6) is 0 Å². The van der Waals surface area contributed by atoms with Gasteiger partial charge in [-0.05, 0) is 12.1 Å². The first-order chi connectivity index (χ1) is 7.48. The van der Waals surface area contributed by atoms with Crippen molar-refractivity contribution in [2.24, 2.45) is 0 Å². The quantitative estimate of drug-likeness (QED) is 0.812. The normalized spacial score (nSPS) is 14.0. The molecule has 1 N–H and O–H groups in total. The predicted octanol–water partition coefficient (Wildman–Crippen LogP) is 2.83. The number of alkyl halides is 3. The van der Waals surface area contributed by atoms with Crippen LogP contribution in [0.3, 0.4) is 0 Å². The van der Waals surface area contributed by atoms with Crippen LogP contribution in [0.4, 0.5) is 13.2 Å². The summed E-state index contributed by atoms with van der Waals surface area (Å²) in [4.78, 5) is 3.86. The number of pyridine rings is 1. The molecule has 0 saturated heterocycles. The Balaban J connectivity index is 2.47. The van der Waals surface area contributed by atoms with Gasteiger partial charge in [0.2, 0.25) is 0 Å². The van der Waals surface area contributed by atoms with E-state index < -0.39 is 12.3 Å². The van der Waals surface area contributed by atoms with Crippen LogP contribution in [-0.2, 0) is 0 Å². The summed E-state index contributed by atoms with van der Waals surface area (Å²) in [5.41, 5.74) is 0.354. The molecule has 5 heteroatoms. The lowest BCUT2D eigenvalue weighted by atomic mass is 10.1. The zero-order valence-corrected chi connectivity index (χ0v) is 8.07. The summed E-state index contributed by atoms with van der Waals surface area (Å²) in [6.07, 6.45) is -6.10. The highest BCUT2D eigenvalue weighted by Crippen LogP contribution is 2.32. The van der Waals surface area contributed by atoms with Crippen LogP contribution >= 0.6 is 0 Å². The van der Waals surface area contributed by atoms with Gasteiger partial charge >= 0.3 is 6.18 Å². The number of rotatable bonds is 1. The van der Waals surface area contributed by atoms with Gasteiger partial charge in [0.25, 0.3) is 0 Å². The lowest BCUT2D eigenvalue weighted by Gasteiger charge is -2.14. The van der Waals surface area contributed by atoms with E-state index in [4.69, 9.17) is 5.11 Å². The van der Waals surface area contributed by atoms with Gasteiger partial charge < -0.3 is 5.11 Å². The van der Waals surface area contributed by atoms with Crippen LogP contribution in [0.25, 0.3) is 10.9 Å². The highest BCUT2D eigenvalue weighted by atomic mass is 19.4. The molecule has 0 saturated carbocycles. The molecule has 1 aromatic carbocycles. The maximum atomic E-state index is 12.3. The third-order valence-electron chi connectivity index (χ3n) is 2.24. The van der Waals surface area contributed by atoms with Gasteiger partial charge in [-0.25, -0.2) is 0 Å². The van der Waals surface area contributed by atoms with Crippen LogP contribution in [-0.4, -0.2) is 16.3 Å². The maximum absolute atomic E-state index is 12.3. The minimum Gasteiger partial charge on any atom is -0.379 e. The number of nitrogens with zero attached hydrogens (tertiary/aromatic N) is 1. The van der Waals surface area contributed by atoms with Gasteiger partial charge in [0.05, 0.1) is 5.52 Å². The maximum Gasteiger partial charge on any atom is 0.418 e. The summed E-state index contributed by atoms with van der Waals surface area (Å²) in [6, 6.07) is 8.08. The van der Waals surface area contributed by atoms with E-state index in [0.717, 1.165) is 6.20 Å². The van der Waals surface area contributed by atoms with Crippen molar-refractivity contribution >= 4 is 10.9 Å². The average Bonchev–Trinajstić information content (AvgIpc) is 2.26. The Hall–Kier alpha value is -1.62. The second-order valence-corrected chi connectivity index (χ2v) is 3.41. The van der Waals surface area contributed by atoms with Crippen LogP contribution in [0.2, 0.25) is 0 Å². The van der Waals surface area contributed by atoms with E-state index in [1.165, 1.54) is 6.07 Å². The second-order valence-electron chi connectivity index (χ2n) is 3.41. The van der Waals surface area contributed by atoms with Crippen LogP contribution in [0.1, 0.15) is 11.7 Å². The predicted molar refractivity (Wildman–Crippen MR) is 52.8 cm³/mol. The summed E-state index contributed by atoms with van der Waals surface area (Å²) in [5.74, 6) is 0. The zero-order valence-electron chi connectivity index (χ0n) is 8.07. The first kappa shape index (κ1) is 10.9. The van der Waals surface area contributed by atoms with Crippen LogP contribution < -0.4 is 0 Å². The monoisotopic (exact) mass is 227 g/mol. The van der Waals surface area contributed by atoms with E-state index in [1.807, 2.05) is 0 Å². The topological polar surface area (TPSA) is 33.1 Å². The Morgan fingerprint density at radius 3 is 2.56 bits per heavy atom. The molecule has 2 rings (SSSR count). The van der Waals surface area contributed by atoms with Gasteiger partial charge in [-0.2, -0.15) is 13.2 Å². The number of fused-ring (bicyclic) bond motifs is 1. The SMILES string of the molecule is O[C@@H](c1cnc2ccccc2c1)C(F)(F)F. The molecule has 2 aromatic rings. The number of aliphatic hydroxyl groups excluding tert-OH is 1. The molecule has 0 fully saturated rings. The largest absolute Gasteiger partial charge is 0.418 e. The van der Waals surface area contributed by atoms with E-state index in [2.05, 4.69) is 4.98 Å². The van der Waals surface area contributed by atoms with Crippen LogP contribution in [0.15, 0.2) is 36.5 Å². The number of hydrogen-bond acceptors (Lipinski definition) is 2. The number of benzene rings is 1. The molecule has 1 atom stereocenters. The van der Waals surface area contributed by atoms with Gasteiger partial charge in [-0.15, -0.1) is 0 Å². The number of para-hydroxylation sites is 1. The molecule has 16 heavy (non-hydrogen) atoms. The molecule has 1 heterocycles. The van der Waals surface area contributed by atoms with Crippen molar-refractivity contribution in [3.8, 4) is 0 Å². The average molecular weight is 227 g/mol. The molecule has 0 amide bonds. The standard InChI is InChI=1S/C11H8F3NO/c12-11(13,14)10(16)8-5-7-3-1-2-4-9(7)15-6-8/h1-6,10,16H/t10-/m0/s1. The van der Waals surface area contributed by atoms with Crippen molar-refractivity contribution in [1.29, 1.82) is 0 Å². The highest BCUT2D eigenvalue weighted by Gasteiger charge is 2.39. The van der Waals surface area contributed by atoms with Crippen molar-refractivity contribution in [3.05, 3.63) is 42.1 Å². The summed E-state index contributed by atoms with van der Waals surface area (Å²) in [5, 5.41) is 9.62. The van der Waals surface area contributed by atoms with E-state index in [1.54, 1.807) is 24.3 Å². The first-order valence-electron chi connectivity index (χ1n) is 4.58. The lowest BCUT2D eigenvalue weighted by molar-refractivity contribution is -0.206. The number of aliphatic hydroxyl groups is 1. The third kappa shape index (κ3) is 1.99. The Morgan fingerprint density at radius 2 is 1.88 bits per heavy atom. The molecular formula is C11H8F3NO. The molecule has 0 aliphatic rings. The summed E-state index contributed by atoms with van der Waals surface area (Å²) < 4.78 is 36.8. The fourth-order valence-electron chi connectivity index (χ4n) is 1.43. The highest BCUT2D eigenvalue weighted by molar-refractivity contribution is 5.78. The molecule has 0 bridgehead atoms. The molecule has 0 aliphatic heterocycles. The summed E-state index contributed by atoms with van der Waals surface area (Å²) in [6.45, 7) is 0. The smallest absolute Gasteiger partial charge is 0.379 e. The van der Waals surface area contributed by atoms with E-state index >= 15 is 0 Å². The van der Waals surface area contributed by atoms with Crippen molar-refractivity contribution in [2.75, 3.05) is 0 Å². The Bertz CT molecular complexity index is 510. The van der Waals surface area contributed by atoms with E-state index in [0.29, 0.717) is 10.9 Å². The van der Waals surface area contributed by atoms with E-state index in [9.17, 15) is 13.2 Å². The Labute approximate surface area is 89.4 Å². The molecule has 0 spiro atoms. The first-order valence-corrected chi connectivity index (χ1v) is 4.58. The molecule has 1 aromatic heterocycles. The third-order valence-corrected chi connectivity index (χ3v) is 2.24. The fourth-order valence-corrected chi connectivity index (χ4v) is 1.43. The zero-order chi connectivity index (χ0) is 11.8. The second kappa shape index (κ2) is 3.75.